The highest BCUT2D eigenvalue weighted by molar-refractivity contribution is 5.58. The molecule has 15 heavy (non-hydrogen) atoms. The molecule has 0 atom stereocenters. The minimum Gasteiger partial charge on any atom is -0.258 e. The summed E-state index contributed by atoms with van der Waals surface area (Å²) < 4.78 is 0. The molecule has 1 rings (SSSR count). The first-order valence-corrected chi connectivity index (χ1v) is 4.15. The quantitative estimate of drug-likeness (QED) is 0.539. The van der Waals surface area contributed by atoms with Crippen molar-refractivity contribution in [3.8, 4) is 12.1 Å². The molecule has 5 nitrogen and oxygen atoms in total. The molecule has 0 aliphatic carbocycles. The molecule has 5 heteroatoms. The molecule has 1 aromatic carbocycles. The van der Waals surface area contributed by atoms with Crippen LogP contribution in [0.3, 0.4) is 0 Å². The van der Waals surface area contributed by atoms with Crippen LogP contribution in [-0.2, 0) is 6.42 Å². The second-order valence-corrected chi connectivity index (χ2v) is 2.97. The van der Waals surface area contributed by atoms with Crippen LogP contribution in [0, 0.1) is 39.7 Å². The SMILES string of the molecule is Cc1ccc(CC#N)c(C#N)c1[N+](=O)[O-]. The number of hydrogen-bond donors (Lipinski definition) is 0. The Balaban J connectivity index is 3.50. The van der Waals surface area contributed by atoms with Crippen molar-refractivity contribution in [2.45, 2.75) is 13.3 Å². The summed E-state index contributed by atoms with van der Waals surface area (Å²) in [6, 6.07) is 6.77. The van der Waals surface area contributed by atoms with Crippen LogP contribution >= 0.6 is 0 Å². The van der Waals surface area contributed by atoms with Crippen LogP contribution in [0.15, 0.2) is 12.1 Å². The number of hydrogen-bond acceptors (Lipinski definition) is 4. The van der Waals surface area contributed by atoms with E-state index in [4.69, 9.17) is 10.5 Å². The molecule has 0 aliphatic heterocycles. The van der Waals surface area contributed by atoms with Crippen molar-refractivity contribution >= 4 is 5.69 Å². The topological polar surface area (TPSA) is 90.7 Å². The second kappa shape index (κ2) is 4.21. The summed E-state index contributed by atoms with van der Waals surface area (Å²) in [5, 5.41) is 28.1. The van der Waals surface area contributed by atoms with E-state index in [-0.39, 0.29) is 17.7 Å². The maximum absolute atomic E-state index is 10.7. The summed E-state index contributed by atoms with van der Waals surface area (Å²) in [5.74, 6) is 0. The fourth-order valence-electron chi connectivity index (χ4n) is 1.33. The molecule has 0 amide bonds. The lowest BCUT2D eigenvalue weighted by atomic mass is 10.0. The standard InChI is InChI=1S/C10H7N3O2/c1-7-2-3-8(4-5-11)9(6-12)10(7)13(14)15/h2-3H,4H2,1H3. The van der Waals surface area contributed by atoms with Crippen molar-refractivity contribution < 1.29 is 4.92 Å². The van der Waals surface area contributed by atoms with Crippen molar-refractivity contribution in [1.82, 2.24) is 0 Å². The average Bonchev–Trinajstić information content (AvgIpc) is 2.19. The second-order valence-electron chi connectivity index (χ2n) is 2.97. The molecule has 0 saturated heterocycles. The zero-order valence-electron chi connectivity index (χ0n) is 8.02. The van der Waals surface area contributed by atoms with Crippen LogP contribution in [0.4, 0.5) is 5.69 Å². The monoisotopic (exact) mass is 201 g/mol. The molecule has 0 radical (unpaired) electrons. The number of rotatable bonds is 2. The van der Waals surface area contributed by atoms with E-state index in [1.807, 2.05) is 6.07 Å². The molecular weight excluding hydrogens is 194 g/mol. The highest BCUT2D eigenvalue weighted by Crippen LogP contribution is 2.26. The van der Waals surface area contributed by atoms with Crippen molar-refractivity contribution in [2.75, 3.05) is 0 Å². The number of benzene rings is 1. The third-order valence-electron chi connectivity index (χ3n) is 2.03. The predicted molar refractivity (Wildman–Crippen MR) is 51.9 cm³/mol. The molecular formula is C10H7N3O2. The molecule has 1 aromatic rings. The third-order valence-corrected chi connectivity index (χ3v) is 2.03. The van der Waals surface area contributed by atoms with E-state index >= 15 is 0 Å². The highest BCUT2D eigenvalue weighted by atomic mass is 16.6. The Labute approximate surface area is 86.3 Å². The van der Waals surface area contributed by atoms with Crippen LogP contribution < -0.4 is 0 Å². The Hall–Kier alpha value is -2.40. The number of aryl methyl sites for hydroxylation is 1. The van der Waals surface area contributed by atoms with E-state index in [2.05, 4.69) is 0 Å². The Kier molecular flexibility index (Phi) is 3.00. The fourth-order valence-corrected chi connectivity index (χ4v) is 1.33. The van der Waals surface area contributed by atoms with Crippen LogP contribution in [-0.4, -0.2) is 4.92 Å². The lowest BCUT2D eigenvalue weighted by Gasteiger charge is -2.02. The van der Waals surface area contributed by atoms with Crippen LogP contribution in [0.5, 0.6) is 0 Å². The molecule has 74 valence electrons. The molecule has 0 unspecified atom stereocenters. The Morgan fingerprint density at radius 1 is 1.47 bits per heavy atom. The van der Waals surface area contributed by atoms with E-state index in [0.29, 0.717) is 11.1 Å². The zero-order chi connectivity index (χ0) is 11.4. The first-order chi connectivity index (χ1) is 7.11. The van der Waals surface area contributed by atoms with E-state index in [0.717, 1.165) is 0 Å². The van der Waals surface area contributed by atoms with Gasteiger partial charge >= 0.3 is 0 Å². The zero-order valence-corrected chi connectivity index (χ0v) is 8.02. The van der Waals surface area contributed by atoms with Gasteiger partial charge in [0.25, 0.3) is 5.69 Å². The number of nitro groups is 1. The molecule has 0 heterocycles. The van der Waals surface area contributed by atoms with Gasteiger partial charge in [-0.25, -0.2) is 0 Å². The van der Waals surface area contributed by atoms with Gasteiger partial charge in [-0.3, -0.25) is 10.1 Å². The molecule has 0 aromatic heterocycles. The van der Waals surface area contributed by atoms with Crippen molar-refractivity contribution in [2.24, 2.45) is 0 Å². The third kappa shape index (κ3) is 1.92. The van der Waals surface area contributed by atoms with Gasteiger partial charge in [0.2, 0.25) is 0 Å². The molecule has 0 spiro atoms. The molecule has 0 fully saturated rings. The van der Waals surface area contributed by atoms with Crippen LogP contribution in [0.25, 0.3) is 0 Å². The smallest absolute Gasteiger partial charge is 0.258 e. The molecule has 0 bridgehead atoms. The van der Waals surface area contributed by atoms with E-state index < -0.39 is 4.92 Å². The molecule has 0 aliphatic rings. The van der Waals surface area contributed by atoms with Gasteiger partial charge < -0.3 is 0 Å². The summed E-state index contributed by atoms with van der Waals surface area (Å²) in [6.45, 7) is 1.56. The van der Waals surface area contributed by atoms with Gasteiger partial charge in [-0.05, 0) is 12.5 Å². The van der Waals surface area contributed by atoms with Gasteiger partial charge in [-0.15, -0.1) is 0 Å². The fraction of sp³-hybridized carbons (Fsp3) is 0.200. The Morgan fingerprint density at radius 2 is 2.13 bits per heavy atom. The highest BCUT2D eigenvalue weighted by Gasteiger charge is 2.20. The van der Waals surface area contributed by atoms with Crippen LogP contribution in [0.2, 0.25) is 0 Å². The summed E-state index contributed by atoms with van der Waals surface area (Å²) in [7, 11) is 0. The summed E-state index contributed by atoms with van der Waals surface area (Å²) in [6.07, 6.45) is 0.00398. The minimum atomic E-state index is -0.589. The van der Waals surface area contributed by atoms with Crippen molar-refractivity contribution in [1.29, 1.82) is 10.5 Å². The lowest BCUT2D eigenvalue weighted by Crippen LogP contribution is -1.99. The van der Waals surface area contributed by atoms with Crippen molar-refractivity contribution in [3.05, 3.63) is 38.9 Å². The van der Waals surface area contributed by atoms with E-state index in [1.165, 1.54) is 0 Å². The van der Waals surface area contributed by atoms with Gasteiger partial charge in [0.05, 0.1) is 17.4 Å². The Morgan fingerprint density at radius 3 is 2.60 bits per heavy atom. The van der Waals surface area contributed by atoms with Gasteiger partial charge in [0, 0.05) is 5.56 Å². The lowest BCUT2D eigenvalue weighted by molar-refractivity contribution is -0.385. The largest absolute Gasteiger partial charge is 0.290 e. The number of nitrogens with zero attached hydrogens (tertiary/aromatic N) is 3. The number of nitriles is 2. The normalized spacial score (nSPS) is 9.00. The van der Waals surface area contributed by atoms with Gasteiger partial charge in [0.1, 0.15) is 11.6 Å². The van der Waals surface area contributed by atoms with Crippen molar-refractivity contribution in [3.63, 3.8) is 0 Å². The first-order valence-electron chi connectivity index (χ1n) is 4.15. The predicted octanol–water partition coefficient (Wildman–Crippen LogP) is 1.84. The van der Waals surface area contributed by atoms with E-state index in [9.17, 15) is 10.1 Å². The van der Waals surface area contributed by atoms with E-state index in [1.54, 1.807) is 25.1 Å². The van der Waals surface area contributed by atoms with Gasteiger partial charge in [-0.1, -0.05) is 12.1 Å². The maximum Gasteiger partial charge on any atom is 0.290 e. The van der Waals surface area contributed by atoms with Crippen LogP contribution in [0.1, 0.15) is 16.7 Å². The van der Waals surface area contributed by atoms with Gasteiger partial charge in [0.15, 0.2) is 0 Å². The summed E-state index contributed by atoms with van der Waals surface area (Å²) in [4.78, 5) is 10.1. The number of nitro benzene ring substituents is 1. The minimum absolute atomic E-state index is 0.00398. The maximum atomic E-state index is 10.7. The van der Waals surface area contributed by atoms with Gasteiger partial charge in [-0.2, -0.15) is 10.5 Å². The first kappa shape index (κ1) is 10.7. The summed E-state index contributed by atoms with van der Waals surface area (Å²) in [5.41, 5.74) is 0.613. The molecule has 0 N–H and O–H groups in total. The average molecular weight is 201 g/mol. The molecule has 0 saturated carbocycles. The summed E-state index contributed by atoms with van der Waals surface area (Å²) >= 11 is 0. The Bertz CT molecular complexity index is 495.